The highest BCUT2D eigenvalue weighted by Crippen LogP contribution is 2.39. The second-order valence-electron chi connectivity index (χ2n) is 14.0. The van der Waals surface area contributed by atoms with Gasteiger partial charge < -0.3 is 14.4 Å². The molecule has 0 spiro atoms. The smallest absolute Gasteiger partial charge is 0.255 e. The van der Waals surface area contributed by atoms with Gasteiger partial charge in [-0.2, -0.15) is 0 Å². The number of likely N-dealkylation sites (tertiary alicyclic amines) is 1. The Morgan fingerprint density at radius 1 is 0.957 bits per heavy atom. The summed E-state index contributed by atoms with van der Waals surface area (Å²) < 4.78 is 27.7. The predicted molar refractivity (Wildman–Crippen MR) is 172 cm³/mol. The van der Waals surface area contributed by atoms with Crippen molar-refractivity contribution >= 4 is 28.6 Å². The molecule has 0 unspecified atom stereocenters. The van der Waals surface area contributed by atoms with Gasteiger partial charge in [-0.1, -0.05) is 18.9 Å². The molecule has 4 fully saturated rings. The number of hydrogen-bond donors (Lipinski definition) is 1. The lowest BCUT2D eigenvalue weighted by Gasteiger charge is -2.29. The lowest BCUT2D eigenvalue weighted by atomic mass is 9.88. The molecule has 5 aliphatic rings. The Bertz CT molecular complexity index is 1720. The number of ether oxygens (including phenoxy) is 2. The van der Waals surface area contributed by atoms with E-state index in [1.54, 1.807) is 17.0 Å². The summed E-state index contributed by atoms with van der Waals surface area (Å²) in [5.74, 6) is 0.824. The van der Waals surface area contributed by atoms with Crippen LogP contribution in [0, 0.1) is 17.7 Å². The fourth-order valence-electron chi connectivity index (χ4n) is 8.61. The number of carbonyl (C=O) groups is 3. The zero-order valence-electron chi connectivity index (χ0n) is 26.6. The molecule has 3 aromatic rings. The SMILES string of the molecule is O=C1CC[C@H](N2Cc3cc(O[C@H]4CN(Cc5cc(F)c6nc(C7CCOCC7)ccc6c5)C[C@@H]4C4CCCC4)ccc3C2=O)C(=O)N1. The van der Waals surface area contributed by atoms with E-state index < -0.39 is 11.9 Å². The maximum Gasteiger partial charge on any atom is 0.255 e. The summed E-state index contributed by atoms with van der Waals surface area (Å²) in [6.07, 6.45) is 7.26. The first-order valence-electron chi connectivity index (χ1n) is 17.2. The van der Waals surface area contributed by atoms with Crippen LogP contribution in [0.1, 0.15) is 84.5 Å². The Morgan fingerprint density at radius 3 is 2.60 bits per heavy atom. The number of rotatable bonds is 7. The minimum atomic E-state index is -0.642. The number of imide groups is 1. The molecule has 1 aliphatic carbocycles. The van der Waals surface area contributed by atoms with Crippen LogP contribution in [0.3, 0.4) is 0 Å². The molecular formula is C37H41FN4O5. The van der Waals surface area contributed by atoms with Crippen molar-refractivity contribution < 1.29 is 28.2 Å². The van der Waals surface area contributed by atoms with Crippen molar-refractivity contribution in [1.82, 2.24) is 20.1 Å². The highest BCUT2D eigenvalue weighted by Gasteiger charge is 2.42. The maximum absolute atomic E-state index is 15.5. The zero-order chi connectivity index (χ0) is 32.1. The Morgan fingerprint density at radius 2 is 1.79 bits per heavy atom. The average molecular weight is 641 g/mol. The first-order chi connectivity index (χ1) is 22.9. The maximum atomic E-state index is 15.5. The molecule has 2 aromatic carbocycles. The largest absolute Gasteiger partial charge is 0.489 e. The molecular weight excluding hydrogens is 599 g/mol. The van der Waals surface area contributed by atoms with E-state index in [2.05, 4.69) is 16.3 Å². The highest BCUT2D eigenvalue weighted by atomic mass is 19.1. The molecule has 8 rings (SSSR count). The van der Waals surface area contributed by atoms with Crippen molar-refractivity contribution in [2.75, 3.05) is 26.3 Å². The third-order valence-corrected chi connectivity index (χ3v) is 11.0. The second-order valence-corrected chi connectivity index (χ2v) is 14.0. The molecule has 5 heterocycles. The van der Waals surface area contributed by atoms with Gasteiger partial charge in [-0.05, 0) is 85.5 Å². The fourth-order valence-corrected chi connectivity index (χ4v) is 8.61. The van der Waals surface area contributed by atoms with Crippen LogP contribution in [0.15, 0.2) is 42.5 Å². The zero-order valence-corrected chi connectivity index (χ0v) is 26.6. The molecule has 1 N–H and O–H groups in total. The van der Waals surface area contributed by atoms with Crippen LogP contribution >= 0.6 is 0 Å². The summed E-state index contributed by atoms with van der Waals surface area (Å²) in [6, 6.07) is 12.7. The molecule has 3 atom stereocenters. The van der Waals surface area contributed by atoms with Crippen LogP contribution in [0.4, 0.5) is 4.39 Å². The van der Waals surface area contributed by atoms with Crippen LogP contribution < -0.4 is 10.1 Å². The van der Waals surface area contributed by atoms with Gasteiger partial charge in [0.25, 0.3) is 5.91 Å². The normalized spacial score (nSPS) is 25.9. The van der Waals surface area contributed by atoms with E-state index in [0.29, 0.717) is 48.3 Å². The second kappa shape index (κ2) is 12.6. The lowest BCUT2D eigenvalue weighted by molar-refractivity contribution is -0.136. The molecule has 1 aromatic heterocycles. The summed E-state index contributed by atoms with van der Waals surface area (Å²) in [5, 5.41) is 3.19. The number of fused-ring (bicyclic) bond motifs is 2. The van der Waals surface area contributed by atoms with Gasteiger partial charge in [0.15, 0.2) is 0 Å². The average Bonchev–Trinajstić information content (AvgIpc) is 3.81. The Kier molecular flexibility index (Phi) is 8.17. The highest BCUT2D eigenvalue weighted by molar-refractivity contribution is 6.05. The van der Waals surface area contributed by atoms with Gasteiger partial charge >= 0.3 is 0 Å². The molecule has 1 saturated carbocycles. The number of nitrogens with zero attached hydrogens (tertiary/aromatic N) is 3. The van der Waals surface area contributed by atoms with Gasteiger partial charge in [0, 0.05) is 74.3 Å². The number of benzene rings is 2. The molecule has 0 bridgehead atoms. The van der Waals surface area contributed by atoms with E-state index in [1.165, 1.54) is 25.7 Å². The summed E-state index contributed by atoms with van der Waals surface area (Å²) in [4.78, 5) is 46.0. The predicted octanol–water partition coefficient (Wildman–Crippen LogP) is 5.10. The van der Waals surface area contributed by atoms with Crippen LogP contribution in [-0.2, 0) is 27.4 Å². The van der Waals surface area contributed by atoms with Crippen LogP contribution in [0.5, 0.6) is 5.75 Å². The van der Waals surface area contributed by atoms with Crippen molar-refractivity contribution in [1.29, 1.82) is 0 Å². The third kappa shape index (κ3) is 6.02. The molecule has 47 heavy (non-hydrogen) atoms. The van der Waals surface area contributed by atoms with Crippen molar-refractivity contribution in [2.45, 2.75) is 82.5 Å². The van der Waals surface area contributed by atoms with Crippen molar-refractivity contribution in [2.24, 2.45) is 11.8 Å². The summed E-state index contributed by atoms with van der Waals surface area (Å²) in [5.41, 5.74) is 3.74. The summed E-state index contributed by atoms with van der Waals surface area (Å²) in [7, 11) is 0. The first kappa shape index (κ1) is 30.4. The van der Waals surface area contributed by atoms with Crippen LogP contribution in [0.25, 0.3) is 10.9 Å². The van der Waals surface area contributed by atoms with Crippen LogP contribution in [0.2, 0.25) is 0 Å². The van der Waals surface area contributed by atoms with Gasteiger partial charge in [-0.3, -0.25) is 24.6 Å². The van der Waals surface area contributed by atoms with Gasteiger partial charge in [-0.25, -0.2) is 9.37 Å². The molecule has 4 aliphatic heterocycles. The number of carbonyl (C=O) groups excluding carboxylic acids is 3. The molecule has 9 nitrogen and oxygen atoms in total. The molecule has 0 radical (unpaired) electrons. The number of aromatic nitrogens is 1. The van der Waals surface area contributed by atoms with Gasteiger partial charge in [0.05, 0.1) is 0 Å². The fraction of sp³-hybridized carbons (Fsp3) is 0.514. The monoisotopic (exact) mass is 640 g/mol. The Hall–Kier alpha value is -3.89. The van der Waals surface area contributed by atoms with E-state index in [0.717, 1.165) is 67.1 Å². The number of hydrogen-bond acceptors (Lipinski definition) is 7. The van der Waals surface area contributed by atoms with Crippen LogP contribution in [-0.4, -0.2) is 71.0 Å². The molecule has 3 amide bonds. The number of halogens is 1. The van der Waals surface area contributed by atoms with E-state index in [-0.39, 0.29) is 30.2 Å². The number of piperidine rings is 1. The molecule has 10 heteroatoms. The standard InChI is InChI=1S/C37H41FN4O5/c38-30-16-22(15-25-5-8-31(39-35(25)30)24-11-13-46-14-12-24)18-41-20-29(23-3-1-2-4-23)33(21-41)47-27-6-7-28-26(17-27)19-42(37(28)45)32-9-10-34(43)40-36(32)44/h5-8,15-17,23-24,29,32-33H,1-4,9-14,18-21H2,(H,40,43,44)/t29-,32+,33+/m1/s1. The first-order valence-corrected chi connectivity index (χ1v) is 17.2. The summed E-state index contributed by atoms with van der Waals surface area (Å²) >= 11 is 0. The van der Waals surface area contributed by atoms with Gasteiger partial charge in [0.1, 0.15) is 29.2 Å². The quantitative estimate of drug-likeness (QED) is 0.359. The van der Waals surface area contributed by atoms with Crippen molar-refractivity contribution in [3.8, 4) is 5.75 Å². The van der Waals surface area contributed by atoms with E-state index in [4.69, 9.17) is 14.5 Å². The Labute approximate surface area is 273 Å². The topological polar surface area (TPSA) is 101 Å². The molecule has 246 valence electrons. The van der Waals surface area contributed by atoms with Crippen molar-refractivity contribution in [3.63, 3.8) is 0 Å². The number of pyridine rings is 1. The van der Waals surface area contributed by atoms with E-state index in [9.17, 15) is 14.4 Å². The van der Waals surface area contributed by atoms with Crippen molar-refractivity contribution in [3.05, 3.63) is 70.7 Å². The minimum Gasteiger partial charge on any atom is -0.489 e. The minimum absolute atomic E-state index is 0.0199. The Balaban J connectivity index is 0.976. The number of amides is 3. The third-order valence-electron chi connectivity index (χ3n) is 11.0. The molecule has 3 saturated heterocycles. The number of nitrogens with one attached hydrogen (secondary N) is 1. The van der Waals surface area contributed by atoms with E-state index >= 15 is 4.39 Å². The van der Waals surface area contributed by atoms with E-state index in [1.807, 2.05) is 24.3 Å². The lowest BCUT2D eigenvalue weighted by Crippen LogP contribution is -2.52. The van der Waals surface area contributed by atoms with Gasteiger partial charge in [-0.15, -0.1) is 0 Å². The summed E-state index contributed by atoms with van der Waals surface area (Å²) in [6.45, 7) is 4.03. The van der Waals surface area contributed by atoms with Gasteiger partial charge in [0.2, 0.25) is 11.8 Å².